The van der Waals surface area contributed by atoms with E-state index < -0.39 is 0 Å². The van der Waals surface area contributed by atoms with E-state index in [4.69, 9.17) is 4.98 Å². The molecule has 2 aromatic heterocycles. The predicted molar refractivity (Wildman–Crippen MR) is 129 cm³/mol. The van der Waals surface area contributed by atoms with Crippen molar-refractivity contribution in [1.82, 2.24) is 35.6 Å². The van der Waals surface area contributed by atoms with E-state index >= 15 is 0 Å². The average molecular weight is 437 g/mol. The third-order valence-electron chi connectivity index (χ3n) is 7.08. The van der Waals surface area contributed by atoms with Gasteiger partial charge in [-0.1, -0.05) is 18.1 Å². The molecule has 2 heterocycles. The van der Waals surface area contributed by atoms with Crippen LogP contribution < -0.4 is 16.0 Å². The Morgan fingerprint density at radius 1 is 0.938 bits per heavy atom. The molecule has 8 heteroatoms. The Bertz CT molecular complexity index is 1030. The van der Waals surface area contributed by atoms with Crippen molar-refractivity contribution in [3.8, 4) is 0 Å². The van der Waals surface area contributed by atoms with Crippen molar-refractivity contribution in [3.05, 3.63) is 18.3 Å². The molecule has 0 atom stereocenters. The van der Waals surface area contributed by atoms with Gasteiger partial charge in [0.1, 0.15) is 16.6 Å². The van der Waals surface area contributed by atoms with Crippen molar-refractivity contribution < 1.29 is 0 Å². The SMILES string of the molecule is CC(C)n1nnc2ccc3cnc(N[C@H]4CC[C@H](NCCNC5CCCC5)CC4)nc3c21. The van der Waals surface area contributed by atoms with E-state index in [1.807, 2.05) is 23.0 Å². The number of nitrogens with one attached hydrogen (secondary N) is 3. The van der Waals surface area contributed by atoms with Crippen molar-refractivity contribution in [2.75, 3.05) is 18.4 Å². The highest BCUT2D eigenvalue weighted by Crippen LogP contribution is 2.26. The zero-order valence-corrected chi connectivity index (χ0v) is 19.3. The van der Waals surface area contributed by atoms with Gasteiger partial charge >= 0.3 is 0 Å². The van der Waals surface area contributed by atoms with Crippen LogP contribution in [-0.4, -0.2) is 56.2 Å². The van der Waals surface area contributed by atoms with Gasteiger partial charge in [-0.15, -0.1) is 5.10 Å². The Morgan fingerprint density at radius 3 is 2.34 bits per heavy atom. The van der Waals surface area contributed by atoms with Crippen LogP contribution in [0.15, 0.2) is 18.3 Å². The van der Waals surface area contributed by atoms with Gasteiger partial charge in [0, 0.05) is 48.8 Å². The highest BCUT2D eigenvalue weighted by Gasteiger charge is 2.22. The molecule has 2 aliphatic rings. The lowest BCUT2D eigenvalue weighted by Gasteiger charge is -2.30. The normalized spacial score (nSPS) is 22.3. The number of nitrogens with zero attached hydrogens (tertiary/aromatic N) is 5. The summed E-state index contributed by atoms with van der Waals surface area (Å²) in [4.78, 5) is 9.47. The Kier molecular flexibility index (Phi) is 6.50. The molecule has 2 fully saturated rings. The zero-order valence-electron chi connectivity index (χ0n) is 19.3. The first kappa shape index (κ1) is 21.5. The van der Waals surface area contributed by atoms with Gasteiger partial charge in [0.25, 0.3) is 0 Å². The van der Waals surface area contributed by atoms with E-state index in [2.05, 4.69) is 45.1 Å². The first-order valence-electron chi connectivity index (χ1n) is 12.4. The molecule has 3 N–H and O–H groups in total. The van der Waals surface area contributed by atoms with Gasteiger partial charge in [0.2, 0.25) is 5.95 Å². The largest absolute Gasteiger partial charge is 0.351 e. The second-order valence-electron chi connectivity index (χ2n) is 9.78. The van der Waals surface area contributed by atoms with Crippen LogP contribution in [0.5, 0.6) is 0 Å². The van der Waals surface area contributed by atoms with Crippen LogP contribution in [-0.2, 0) is 0 Å². The van der Waals surface area contributed by atoms with Crippen LogP contribution in [0.3, 0.4) is 0 Å². The monoisotopic (exact) mass is 436 g/mol. The number of rotatable bonds is 8. The summed E-state index contributed by atoms with van der Waals surface area (Å²) in [5, 5.41) is 20.7. The van der Waals surface area contributed by atoms with Crippen molar-refractivity contribution in [3.63, 3.8) is 0 Å². The first-order valence-corrected chi connectivity index (χ1v) is 12.4. The topological polar surface area (TPSA) is 92.6 Å². The minimum absolute atomic E-state index is 0.230. The fraction of sp³-hybridized carbons (Fsp3) is 0.667. The lowest BCUT2D eigenvalue weighted by atomic mass is 9.91. The van der Waals surface area contributed by atoms with Crippen LogP contribution in [0, 0.1) is 0 Å². The van der Waals surface area contributed by atoms with Crippen LogP contribution in [0.4, 0.5) is 5.95 Å². The Hall–Kier alpha value is -2.32. The molecule has 8 nitrogen and oxygen atoms in total. The number of hydrogen-bond acceptors (Lipinski definition) is 7. The molecule has 32 heavy (non-hydrogen) atoms. The molecule has 2 saturated carbocycles. The molecule has 3 aromatic rings. The summed E-state index contributed by atoms with van der Waals surface area (Å²) in [6.45, 7) is 6.39. The maximum absolute atomic E-state index is 4.88. The minimum Gasteiger partial charge on any atom is -0.351 e. The summed E-state index contributed by atoms with van der Waals surface area (Å²) in [6.07, 6.45) is 12.1. The highest BCUT2D eigenvalue weighted by atomic mass is 15.4. The van der Waals surface area contributed by atoms with E-state index in [0.717, 1.165) is 53.9 Å². The zero-order chi connectivity index (χ0) is 21.9. The summed E-state index contributed by atoms with van der Waals surface area (Å²) >= 11 is 0. The number of benzene rings is 1. The molecular weight excluding hydrogens is 400 g/mol. The predicted octanol–water partition coefficient (Wildman–Crippen LogP) is 3.80. The van der Waals surface area contributed by atoms with Gasteiger partial charge in [-0.25, -0.2) is 14.6 Å². The van der Waals surface area contributed by atoms with Crippen molar-refractivity contribution in [2.24, 2.45) is 0 Å². The molecule has 0 amide bonds. The molecular formula is C24H36N8. The van der Waals surface area contributed by atoms with Gasteiger partial charge in [-0.05, 0) is 64.5 Å². The summed E-state index contributed by atoms with van der Waals surface area (Å²) in [5.74, 6) is 0.707. The van der Waals surface area contributed by atoms with E-state index in [-0.39, 0.29) is 6.04 Å². The van der Waals surface area contributed by atoms with E-state index in [1.54, 1.807) is 0 Å². The molecule has 172 valence electrons. The fourth-order valence-electron chi connectivity index (χ4n) is 5.26. The second-order valence-corrected chi connectivity index (χ2v) is 9.78. The third-order valence-corrected chi connectivity index (χ3v) is 7.08. The van der Waals surface area contributed by atoms with E-state index in [0.29, 0.717) is 18.0 Å². The first-order chi connectivity index (χ1) is 15.7. The maximum atomic E-state index is 4.88. The van der Waals surface area contributed by atoms with Crippen molar-refractivity contribution in [1.29, 1.82) is 0 Å². The molecule has 0 unspecified atom stereocenters. The van der Waals surface area contributed by atoms with Crippen LogP contribution in [0.2, 0.25) is 0 Å². The van der Waals surface area contributed by atoms with Gasteiger partial charge in [-0.3, -0.25) is 0 Å². The lowest BCUT2D eigenvalue weighted by molar-refractivity contribution is 0.350. The lowest BCUT2D eigenvalue weighted by Crippen LogP contribution is -2.41. The van der Waals surface area contributed by atoms with Gasteiger partial charge in [0.05, 0.1) is 0 Å². The van der Waals surface area contributed by atoms with E-state index in [1.165, 1.54) is 38.5 Å². The minimum atomic E-state index is 0.230. The summed E-state index contributed by atoms with van der Waals surface area (Å²) < 4.78 is 1.95. The summed E-state index contributed by atoms with van der Waals surface area (Å²) in [6, 6.07) is 6.07. The summed E-state index contributed by atoms with van der Waals surface area (Å²) in [7, 11) is 0. The van der Waals surface area contributed by atoms with Crippen LogP contribution in [0.1, 0.15) is 71.3 Å². The summed E-state index contributed by atoms with van der Waals surface area (Å²) in [5.41, 5.74) is 2.79. The highest BCUT2D eigenvalue weighted by molar-refractivity contribution is 6.01. The van der Waals surface area contributed by atoms with Gasteiger partial charge in [-0.2, -0.15) is 0 Å². The van der Waals surface area contributed by atoms with Crippen molar-refractivity contribution in [2.45, 2.75) is 89.4 Å². The second kappa shape index (κ2) is 9.67. The smallest absolute Gasteiger partial charge is 0.223 e. The number of fused-ring (bicyclic) bond motifs is 3. The standard InChI is InChI=1S/C24H36N8/c1-16(2)32-23-21(30-31-32)12-7-17-15-27-24(29-22(17)23)28-20-10-8-19(9-11-20)26-14-13-25-18-5-3-4-6-18/h7,12,15-16,18-20,25-26H,3-6,8-11,13-14H2,1-2H3,(H,27,28,29)/t19-,20-. The molecule has 5 rings (SSSR count). The average Bonchev–Trinajstić information content (AvgIpc) is 3.48. The quantitative estimate of drug-likeness (QED) is 0.463. The molecule has 2 aliphatic carbocycles. The van der Waals surface area contributed by atoms with Crippen molar-refractivity contribution >= 4 is 27.9 Å². The third kappa shape index (κ3) is 4.71. The Balaban J connectivity index is 1.16. The number of hydrogen-bond donors (Lipinski definition) is 3. The molecule has 1 aromatic carbocycles. The molecule has 0 radical (unpaired) electrons. The molecule has 0 bridgehead atoms. The van der Waals surface area contributed by atoms with Gasteiger partial charge < -0.3 is 16.0 Å². The number of aromatic nitrogens is 5. The number of anilines is 1. The maximum Gasteiger partial charge on any atom is 0.223 e. The molecule has 0 aliphatic heterocycles. The fourth-order valence-corrected chi connectivity index (χ4v) is 5.26. The molecule has 0 saturated heterocycles. The molecule has 0 spiro atoms. The Morgan fingerprint density at radius 2 is 1.62 bits per heavy atom. The van der Waals surface area contributed by atoms with Crippen LogP contribution in [0.25, 0.3) is 21.9 Å². The van der Waals surface area contributed by atoms with E-state index in [9.17, 15) is 0 Å². The van der Waals surface area contributed by atoms with Crippen LogP contribution >= 0.6 is 0 Å². The Labute approximate surface area is 190 Å². The van der Waals surface area contributed by atoms with Gasteiger partial charge in [0.15, 0.2) is 0 Å².